The van der Waals surface area contributed by atoms with Crippen LogP contribution in [0.4, 0.5) is 0 Å². The van der Waals surface area contributed by atoms with Crippen molar-refractivity contribution in [1.29, 1.82) is 0 Å². The number of alkyl halides is 1. The first-order chi connectivity index (χ1) is 9.72. The van der Waals surface area contributed by atoms with Crippen LogP contribution in [-0.4, -0.2) is 25.2 Å². The zero-order chi connectivity index (χ0) is 14.5. The van der Waals surface area contributed by atoms with Crippen LogP contribution in [0.1, 0.15) is 51.0 Å². The Morgan fingerprint density at radius 2 is 1.95 bits per heavy atom. The SMILES string of the molecule is CCCCCCn1c(CCCl)nc2c(CC)nn(C)c21. The number of aryl methyl sites for hydroxylation is 4. The van der Waals surface area contributed by atoms with E-state index >= 15 is 0 Å². The standard InChI is InChI=1S/C15H25ClN4/c1-4-6-7-8-11-20-13(9-10-16)17-14-12(5-2)18-19(3)15(14)20/h4-11H2,1-3H3. The normalized spacial score (nSPS) is 11.6. The van der Waals surface area contributed by atoms with Crippen molar-refractivity contribution in [3.63, 3.8) is 0 Å². The molecule has 2 aromatic heterocycles. The van der Waals surface area contributed by atoms with Crippen molar-refractivity contribution in [1.82, 2.24) is 19.3 Å². The lowest BCUT2D eigenvalue weighted by molar-refractivity contribution is 0.565. The number of fused-ring (bicyclic) bond motifs is 1. The highest BCUT2D eigenvalue weighted by Gasteiger charge is 2.17. The molecule has 5 heteroatoms. The summed E-state index contributed by atoms with van der Waals surface area (Å²) in [6, 6.07) is 0. The highest BCUT2D eigenvalue weighted by atomic mass is 35.5. The van der Waals surface area contributed by atoms with E-state index in [2.05, 4.69) is 23.5 Å². The number of aromatic nitrogens is 4. The lowest BCUT2D eigenvalue weighted by Crippen LogP contribution is -2.08. The van der Waals surface area contributed by atoms with E-state index in [0.29, 0.717) is 5.88 Å². The van der Waals surface area contributed by atoms with Gasteiger partial charge in [-0.15, -0.1) is 11.6 Å². The third-order valence-electron chi connectivity index (χ3n) is 3.76. The largest absolute Gasteiger partial charge is 0.313 e. The van der Waals surface area contributed by atoms with Crippen molar-refractivity contribution in [2.45, 2.75) is 58.9 Å². The number of hydrogen-bond donors (Lipinski definition) is 0. The van der Waals surface area contributed by atoms with Gasteiger partial charge in [0.2, 0.25) is 0 Å². The molecule has 2 aromatic rings. The Balaban J connectivity index is 2.32. The quantitative estimate of drug-likeness (QED) is 0.550. The van der Waals surface area contributed by atoms with Gasteiger partial charge in [-0.3, -0.25) is 4.68 Å². The van der Waals surface area contributed by atoms with Crippen LogP contribution in [0.25, 0.3) is 11.2 Å². The van der Waals surface area contributed by atoms with Gasteiger partial charge in [0.1, 0.15) is 11.3 Å². The molecule has 112 valence electrons. The van der Waals surface area contributed by atoms with Crippen molar-refractivity contribution >= 4 is 22.8 Å². The Labute approximate surface area is 126 Å². The average molecular weight is 297 g/mol. The smallest absolute Gasteiger partial charge is 0.158 e. The molecule has 0 aliphatic heterocycles. The van der Waals surface area contributed by atoms with Crippen LogP contribution in [0, 0.1) is 0 Å². The van der Waals surface area contributed by atoms with E-state index in [1.165, 1.54) is 25.7 Å². The van der Waals surface area contributed by atoms with Gasteiger partial charge >= 0.3 is 0 Å². The molecule has 0 N–H and O–H groups in total. The van der Waals surface area contributed by atoms with Gasteiger partial charge in [-0.25, -0.2) is 4.98 Å². The maximum absolute atomic E-state index is 5.92. The van der Waals surface area contributed by atoms with Crippen molar-refractivity contribution in [2.24, 2.45) is 7.05 Å². The molecular formula is C15H25ClN4. The van der Waals surface area contributed by atoms with Gasteiger partial charge in [-0.1, -0.05) is 33.1 Å². The van der Waals surface area contributed by atoms with E-state index < -0.39 is 0 Å². The van der Waals surface area contributed by atoms with Crippen LogP contribution in [0.3, 0.4) is 0 Å². The summed E-state index contributed by atoms with van der Waals surface area (Å²) in [6.07, 6.45) is 6.78. The van der Waals surface area contributed by atoms with E-state index in [1.54, 1.807) is 0 Å². The summed E-state index contributed by atoms with van der Waals surface area (Å²) >= 11 is 5.92. The average Bonchev–Trinajstić information content (AvgIpc) is 2.94. The Morgan fingerprint density at radius 3 is 2.60 bits per heavy atom. The number of hydrogen-bond acceptors (Lipinski definition) is 2. The molecule has 20 heavy (non-hydrogen) atoms. The fourth-order valence-electron chi connectivity index (χ4n) is 2.73. The maximum Gasteiger partial charge on any atom is 0.158 e. The minimum atomic E-state index is 0.618. The molecule has 0 unspecified atom stereocenters. The van der Waals surface area contributed by atoms with Gasteiger partial charge in [-0.2, -0.15) is 5.10 Å². The predicted molar refractivity (Wildman–Crippen MR) is 84.4 cm³/mol. The fourth-order valence-corrected chi connectivity index (χ4v) is 2.90. The van der Waals surface area contributed by atoms with Gasteiger partial charge in [0, 0.05) is 25.9 Å². The summed E-state index contributed by atoms with van der Waals surface area (Å²) in [4.78, 5) is 4.79. The molecule has 4 nitrogen and oxygen atoms in total. The van der Waals surface area contributed by atoms with E-state index in [9.17, 15) is 0 Å². The van der Waals surface area contributed by atoms with Gasteiger partial charge in [-0.05, 0) is 12.8 Å². The van der Waals surface area contributed by atoms with Gasteiger partial charge in [0.25, 0.3) is 0 Å². The third kappa shape index (κ3) is 3.00. The maximum atomic E-state index is 5.92. The first kappa shape index (κ1) is 15.4. The predicted octanol–water partition coefficient (Wildman–Crippen LogP) is 3.69. The van der Waals surface area contributed by atoms with Gasteiger partial charge < -0.3 is 4.57 Å². The lowest BCUT2D eigenvalue weighted by atomic mass is 10.2. The van der Waals surface area contributed by atoms with E-state index in [4.69, 9.17) is 16.6 Å². The number of imidazole rings is 1. The molecule has 0 atom stereocenters. The summed E-state index contributed by atoms with van der Waals surface area (Å²) in [5.74, 6) is 1.72. The monoisotopic (exact) mass is 296 g/mol. The van der Waals surface area contributed by atoms with Crippen molar-refractivity contribution in [3.8, 4) is 0 Å². The highest BCUT2D eigenvalue weighted by molar-refractivity contribution is 6.17. The highest BCUT2D eigenvalue weighted by Crippen LogP contribution is 2.21. The van der Waals surface area contributed by atoms with Crippen molar-refractivity contribution in [2.75, 3.05) is 5.88 Å². The molecule has 0 amide bonds. The molecule has 2 rings (SSSR count). The van der Waals surface area contributed by atoms with E-state index in [0.717, 1.165) is 42.1 Å². The second-order valence-electron chi connectivity index (χ2n) is 5.28. The number of halogens is 1. The molecule has 2 heterocycles. The first-order valence-electron chi connectivity index (χ1n) is 7.69. The summed E-state index contributed by atoms with van der Waals surface area (Å²) < 4.78 is 4.29. The zero-order valence-electron chi connectivity index (χ0n) is 12.8. The van der Waals surface area contributed by atoms with Gasteiger partial charge in [0.15, 0.2) is 5.65 Å². The fraction of sp³-hybridized carbons (Fsp3) is 0.733. The zero-order valence-corrected chi connectivity index (χ0v) is 13.6. The molecule has 0 bridgehead atoms. The Bertz CT molecular complexity index is 556. The third-order valence-corrected chi connectivity index (χ3v) is 3.95. The van der Waals surface area contributed by atoms with Crippen LogP contribution in [-0.2, 0) is 26.4 Å². The topological polar surface area (TPSA) is 35.6 Å². The summed E-state index contributed by atoms with van der Waals surface area (Å²) in [7, 11) is 2.01. The summed E-state index contributed by atoms with van der Waals surface area (Å²) in [5, 5.41) is 4.57. The lowest BCUT2D eigenvalue weighted by Gasteiger charge is -2.08. The Kier molecular flexibility index (Phi) is 5.46. The molecule has 0 fully saturated rings. The Hall–Kier alpha value is -1.03. The summed E-state index contributed by atoms with van der Waals surface area (Å²) in [6.45, 7) is 5.39. The van der Waals surface area contributed by atoms with E-state index in [1.807, 2.05) is 11.7 Å². The van der Waals surface area contributed by atoms with Crippen LogP contribution in [0.15, 0.2) is 0 Å². The van der Waals surface area contributed by atoms with E-state index in [-0.39, 0.29) is 0 Å². The second kappa shape index (κ2) is 7.11. The van der Waals surface area contributed by atoms with Gasteiger partial charge in [0.05, 0.1) is 5.69 Å². The first-order valence-corrected chi connectivity index (χ1v) is 8.23. The Morgan fingerprint density at radius 1 is 1.15 bits per heavy atom. The molecule has 0 saturated carbocycles. The number of rotatable bonds is 8. The minimum Gasteiger partial charge on any atom is -0.313 e. The number of unbranched alkanes of at least 4 members (excludes halogenated alkanes) is 3. The van der Waals surface area contributed by atoms with Crippen LogP contribution >= 0.6 is 11.6 Å². The second-order valence-corrected chi connectivity index (χ2v) is 5.65. The number of nitrogens with zero attached hydrogens (tertiary/aromatic N) is 4. The molecule has 0 radical (unpaired) electrons. The van der Waals surface area contributed by atoms with Crippen molar-refractivity contribution < 1.29 is 0 Å². The molecule has 0 aliphatic rings. The van der Waals surface area contributed by atoms with Crippen LogP contribution < -0.4 is 0 Å². The molecule has 0 spiro atoms. The molecule has 0 saturated heterocycles. The summed E-state index contributed by atoms with van der Waals surface area (Å²) in [5.41, 5.74) is 3.30. The molecular weight excluding hydrogens is 272 g/mol. The van der Waals surface area contributed by atoms with Crippen LogP contribution in [0.2, 0.25) is 0 Å². The van der Waals surface area contributed by atoms with Crippen molar-refractivity contribution in [3.05, 3.63) is 11.5 Å². The van der Waals surface area contributed by atoms with Crippen LogP contribution in [0.5, 0.6) is 0 Å². The molecule has 0 aliphatic carbocycles. The minimum absolute atomic E-state index is 0.618. The molecule has 0 aromatic carbocycles.